The van der Waals surface area contributed by atoms with Crippen LogP contribution in [0.25, 0.3) is 0 Å². The minimum absolute atomic E-state index is 0.0981. The van der Waals surface area contributed by atoms with E-state index in [0.717, 1.165) is 6.42 Å². The lowest BCUT2D eigenvalue weighted by atomic mass is 10.1. The summed E-state index contributed by atoms with van der Waals surface area (Å²) >= 11 is 11.8. The van der Waals surface area contributed by atoms with Gasteiger partial charge in [0.1, 0.15) is 0 Å². The SMILES string of the molecule is CCC(C)CN(C)C(=O)c1cc(Cl)c(N)c(Cl)c1. The molecule has 2 N–H and O–H groups in total. The van der Waals surface area contributed by atoms with Crippen LogP contribution < -0.4 is 5.73 Å². The largest absolute Gasteiger partial charge is 0.396 e. The number of carbonyl (C=O) groups is 1. The third-order valence-corrected chi connectivity index (χ3v) is 3.58. The smallest absolute Gasteiger partial charge is 0.253 e. The van der Waals surface area contributed by atoms with Crippen molar-refractivity contribution >= 4 is 34.8 Å². The quantitative estimate of drug-likeness (QED) is 0.859. The third-order valence-electron chi connectivity index (χ3n) is 2.96. The molecule has 0 aliphatic heterocycles. The van der Waals surface area contributed by atoms with Crippen molar-refractivity contribution in [3.63, 3.8) is 0 Å². The van der Waals surface area contributed by atoms with Crippen molar-refractivity contribution in [2.45, 2.75) is 20.3 Å². The van der Waals surface area contributed by atoms with Gasteiger partial charge in [-0.1, -0.05) is 43.5 Å². The predicted molar refractivity (Wildman–Crippen MR) is 77.3 cm³/mol. The molecular weight excluding hydrogens is 271 g/mol. The molecule has 0 aromatic heterocycles. The Balaban J connectivity index is 2.90. The number of nitrogens with zero attached hydrogens (tertiary/aromatic N) is 1. The van der Waals surface area contributed by atoms with Gasteiger partial charge in [-0.2, -0.15) is 0 Å². The first-order valence-electron chi connectivity index (χ1n) is 5.86. The van der Waals surface area contributed by atoms with Gasteiger partial charge in [0.2, 0.25) is 0 Å². The number of anilines is 1. The first-order valence-corrected chi connectivity index (χ1v) is 6.62. The normalized spacial score (nSPS) is 12.3. The number of nitrogen functional groups attached to an aromatic ring is 1. The maximum Gasteiger partial charge on any atom is 0.253 e. The van der Waals surface area contributed by atoms with E-state index in [1.807, 2.05) is 0 Å². The monoisotopic (exact) mass is 288 g/mol. The Labute approximate surface area is 118 Å². The highest BCUT2D eigenvalue weighted by Crippen LogP contribution is 2.29. The molecule has 0 spiro atoms. The number of benzene rings is 1. The lowest BCUT2D eigenvalue weighted by Crippen LogP contribution is -2.30. The second-order valence-electron chi connectivity index (χ2n) is 4.55. The molecule has 0 bridgehead atoms. The van der Waals surface area contributed by atoms with Crippen LogP contribution in [0.2, 0.25) is 10.0 Å². The number of amides is 1. The Morgan fingerprint density at radius 3 is 2.33 bits per heavy atom. The second-order valence-corrected chi connectivity index (χ2v) is 5.37. The van der Waals surface area contributed by atoms with E-state index in [1.54, 1.807) is 24.1 Å². The zero-order valence-electron chi connectivity index (χ0n) is 10.8. The molecule has 1 atom stereocenters. The van der Waals surface area contributed by atoms with Crippen LogP contribution in [0.4, 0.5) is 5.69 Å². The highest BCUT2D eigenvalue weighted by atomic mass is 35.5. The number of nitrogens with two attached hydrogens (primary N) is 1. The molecule has 100 valence electrons. The van der Waals surface area contributed by atoms with Crippen LogP contribution >= 0.6 is 23.2 Å². The highest BCUT2D eigenvalue weighted by Gasteiger charge is 2.16. The van der Waals surface area contributed by atoms with Crippen LogP contribution in [-0.2, 0) is 0 Å². The Morgan fingerprint density at radius 1 is 1.39 bits per heavy atom. The predicted octanol–water partition coefficient (Wildman–Crippen LogP) is 3.69. The molecular formula is C13H18Cl2N2O. The van der Waals surface area contributed by atoms with Gasteiger partial charge >= 0.3 is 0 Å². The standard InChI is InChI=1S/C13H18Cl2N2O/c1-4-8(2)7-17(3)13(18)9-5-10(14)12(16)11(15)6-9/h5-6,8H,4,7,16H2,1-3H3. The third kappa shape index (κ3) is 3.53. The molecule has 0 saturated heterocycles. The molecule has 1 aromatic rings. The highest BCUT2D eigenvalue weighted by molar-refractivity contribution is 6.39. The molecule has 1 unspecified atom stereocenters. The number of halogens is 2. The summed E-state index contributed by atoms with van der Waals surface area (Å²) in [5.74, 6) is 0.359. The topological polar surface area (TPSA) is 46.3 Å². The van der Waals surface area contributed by atoms with E-state index in [1.165, 1.54) is 0 Å². The summed E-state index contributed by atoms with van der Waals surface area (Å²) in [4.78, 5) is 13.9. The van der Waals surface area contributed by atoms with Crippen molar-refractivity contribution in [3.8, 4) is 0 Å². The number of carbonyl (C=O) groups excluding carboxylic acids is 1. The summed E-state index contributed by atoms with van der Waals surface area (Å²) in [5, 5.41) is 0.616. The molecule has 0 radical (unpaired) electrons. The van der Waals surface area contributed by atoms with Crippen molar-refractivity contribution < 1.29 is 4.79 Å². The maximum absolute atomic E-state index is 12.2. The molecule has 0 fully saturated rings. The lowest BCUT2D eigenvalue weighted by molar-refractivity contribution is 0.0775. The van der Waals surface area contributed by atoms with Gasteiger partial charge in [0.05, 0.1) is 15.7 Å². The summed E-state index contributed by atoms with van der Waals surface area (Å²) in [5.41, 5.74) is 6.41. The van der Waals surface area contributed by atoms with Gasteiger partial charge in [-0.15, -0.1) is 0 Å². The van der Waals surface area contributed by atoms with Crippen LogP contribution in [0.5, 0.6) is 0 Å². The van der Waals surface area contributed by atoms with Crippen LogP contribution in [0.1, 0.15) is 30.6 Å². The Hall–Kier alpha value is -0.930. The Kier molecular flexibility index (Phi) is 5.29. The Bertz CT molecular complexity index is 426. The summed E-state index contributed by atoms with van der Waals surface area (Å²) < 4.78 is 0. The number of hydrogen-bond acceptors (Lipinski definition) is 2. The van der Waals surface area contributed by atoms with Gasteiger partial charge in [-0.05, 0) is 18.1 Å². The van der Waals surface area contributed by atoms with Crippen LogP contribution in [0.3, 0.4) is 0 Å². The summed E-state index contributed by atoms with van der Waals surface area (Å²) in [6, 6.07) is 3.11. The van der Waals surface area contributed by atoms with Gasteiger partial charge in [-0.25, -0.2) is 0 Å². The van der Waals surface area contributed by atoms with Gasteiger partial charge in [0.25, 0.3) is 5.91 Å². The van der Waals surface area contributed by atoms with Crippen molar-refractivity contribution in [1.82, 2.24) is 4.90 Å². The average molecular weight is 289 g/mol. The van der Waals surface area contributed by atoms with E-state index >= 15 is 0 Å². The van der Waals surface area contributed by atoms with Crippen molar-refractivity contribution in [2.24, 2.45) is 5.92 Å². The van der Waals surface area contributed by atoms with E-state index < -0.39 is 0 Å². The van der Waals surface area contributed by atoms with E-state index in [9.17, 15) is 4.79 Å². The average Bonchev–Trinajstić information content (AvgIpc) is 2.33. The minimum Gasteiger partial charge on any atom is -0.396 e. The molecule has 5 heteroatoms. The van der Waals surface area contributed by atoms with Gasteiger partial charge in [0.15, 0.2) is 0 Å². The minimum atomic E-state index is -0.0981. The number of hydrogen-bond donors (Lipinski definition) is 1. The molecule has 0 saturated carbocycles. The van der Waals surface area contributed by atoms with E-state index in [4.69, 9.17) is 28.9 Å². The molecule has 0 aliphatic carbocycles. The summed E-state index contributed by atoms with van der Waals surface area (Å²) in [6.45, 7) is 4.90. The van der Waals surface area contributed by atoms with Crippen molar-refractivity contribution in [3.05, 3.63) is 27.7 Å². The van der Waals surface area contributed by atoms with Crippen molar-refractivity contribution in [1.29, 1.82) is 0 Å². The zero-order chi connectivity index (χ0) is 13.9. The van der Waals surface area contributed by atoms with Gasteiger partial charge in [0, 0.05) is 19.2 Å². The molecule has 18 heavy (non-hydrogen) atoms. The molecule has 0 heterocycles. The first-order chi connectivity index (χ1) is 8.36. The Morgan fingerprint density at radius 2 is 1.89 bits per heavy atom. The van der Waals surface area contributed by atoms with Gasteiger partial charge in [-0.3, -0.25) is 4.79 Å². The summed E-state index contributed by atoms with van der Waals surface area (Å²) in [7, 11) is 1.77. The summed E-state index contributed by atoms with van der Waals surface area (Å²) in [6.07, 6.45) is 1.03. The second kappa shape index (κ2) is 6.30. The first kappa shape index (κ1) is 15.1. The van der Waals surface area contributed by atoms with E-state index in [0.29, 0.717) is 33.8 Å². The van der Waals surface area contributed by atoms with E-state index in [2.05, 4.69) is 13.8 Å². The number of rotatable bonds is 4. The maximum atomic E-state index is 12.2. The van der Waals surface area contributed by atoms with Gasteiger partial charge < -0.3 is 10.6 Å². The molecule has 1 amide bonds. The molecule has 3 nitrogen and oxygen atoms in total. The fourth-order valence-electron chi connectivity index (χ4n) is 1.61. The van der Waals surface area contributed by atoms with Crippen LogP contribution in [-0.4, -0.2) is 24.4 Å². The van der Waals surface area contributed by atoms with Crippen LogP contribution in [0.15, 0.2) is 12.1 Å². The molecule has 1 rings (SSSR count). The van der Waals surface area contributed by atoms with Crippen molar-refractivity contribution in [2.75, 3.05) is 19.3 Å². The van der Waals surface area contributed by atoms with E-state index in [-0.39, 0.29) is 5.91 Å². The van der Waals surface area contributed by atoms with Crippen LogP contribution in [0, 0.1) is 5.92 Å². The fourth-order valence-corrected chi connectivity index (χ4v) is 2.09. The zero-order valence-corrected chi connectivity index (χ0v) is 12.3. The lowest BCUT2D eigenvalue weighted by Gasteiger charge is -2.21. The molecule has 1 aromatic carbocycles. The molecule has 0 aliphatic rings. The fraction of sp³-hybridized carbons (Fsp3) is 0.462.